The molecule has 1 unspecified atom stereocenters. The van der Waals surface area contributed by atoms with Gasteiger partial charge in [-0.3, -0.25) is 0 Å². The van der Waals surface area contributed by atoms with E-state index in [1.807, 2.05) is 0 Å². The van der Waals surface area contributed by atoms with Crippen molar-refractivity contribution in [1.82, 2.24) is 4.72 Å². The first-order valence-electron chi connectivity index (χ1n) is 1.87. The molecule has 0 amide bonds. The first-order chi connectivity index (χ1) is 3.12. The van der Waals surface area contributed by atoms with Crippen molar-refractivity contribution >= 4 is 15.4 Å². The Kier molecular flexibility index (Phi) is 2.28. The molecule has 0 spiro atoms. The second kappa shape index (κ2) is 2.30. The zero-order valence-corrected chi connectivity index (χ0v) is 5.16. The van der Waals surface area contributed by atoms with E-state index in [0.29, 0.717) is 0 Å². The highest BCUT2D eigenvalue weighted by atomic mass is 32.2. The van der Waals surface area contributed by atoms with Crippen LogP contribution in [0.5, 0.6) is 0 Å². The lowest BCUT2D eigenvalue weighted by molar-refractivity contribution is 0.551. The maximum Gasteiger partial charge on any atom is 0.140 e. The van der Waals surface area contributed by atoms with Gasteiger partial charge in [0.15, 0.2) is 0 Å². The standard InChI is InChI=1S/C3H9NO2S/c1-3-7(5,6)4-2/h3H,1-2H3,(H2,4,5,6). The van der Waals surface area contributed by atoms with E-state index in [1.165, 1.54) is 19.3 Å². The highest BCUT2D eigenvalue weighted by Gasteiger charge is 1.86. The van der Waals surface area contributed by atoms with E-state index < -0.39 is 9.99 Å². The summed E-state index contributed by atoms with van der Waals surface area (Å²) in [6.07, 6.45) is 0. The molecule has 3 nitrogen and oxygen atoms in total. The molecule has 0 saturated carbocycles. The summed E-state index contributed by atoms with van der Waals surface area (Å²) in [4.78, 5) is 0. The average molecular weight is 123 g/mol. The molecule has 0 rings (SSSR count). The second-order valence-electron chi connectivity index (χ2n) is 1.01. The van der Waals surface area contributed by atoms with Crippen LogP contribution in [0.2, 0.25) is 0 Å². The molecule has 0 fully saturated rings. The van der Waals surface area contributed by atoms with E-state index >= 15 is 0 Å². The lowest BCUT2D eigenvalue weighted by atomic mass is 11.0. The van der Waals surface area contributed by atoms with Crippen LogP contribution in [0.1, 0.15) is 6.92 Å². The summed E-state index contributed by atoms with van der Waals surface area (Å²) in [6, 6.07) is 0. The summed E-state index contributed by atoms with van der Waals surface area (Å²) < 4.78 is 21.0. The summed E-state index contributed by atoms with van der Waals surface area (Å²) >= 11 is 0. The average Bonchev–Trinajstić information content (AvgIpc) is 1.68. The van der Waals surface area contributed by atoms with Crippen LogP contribution in [0.25, 0.3) is 0 Å². The lowest BCUT2D eigenvalue weighted by Gasteiger charge is -1.94. The lowest BCUT2D eigenvalue weighted by Crippen LogP contribution is -2.18. The van der Waals surface area contributed by atoms with Crippen molar-refractivity contribution in [2.45, 2.75) is 6.92 Å². The number of hydrogen-bond acceptors (Lipinski definition) is 1. The molecule has 0 aliphatic carbocycles. The molecule has 0 aromatic carbocycles. The van der Waals surface area contributed by atoms with Crippen LogP contribution in [-0.4, -0.2) is 21.2 Å². The van der Waals surface area contributed by atoms with E-state index in [2.05, 4.69) is 4.72 Å². The monoisotopic (exact) mass is 123 g/mol. The Morgan fingerprint density at radius 1 is 1.86 bits per heavy atom. The molecule has 0 aromatic heterocycles. The van der Waals surface area contributed by atoms with Crippen LogP contribution in [0.3, 0.4) is 0 Å². The Hall–Kier alpha value is -0.0600. The normalized spacial score (nSPS) is 18.1. The number of rotatable bonds is 1. The van der Waals surface area contributed by atoms with Crippen LogP contribution < -0.4 is 4.72 Å². The number of hydrogen-bond donors (Lipinski definition) is 2. The maximum atomic E-state index is 10.3. The van der Waals surface area contributed by atoms with E-state index in [0.717, 1.165) is 0 Å². The molecule has 0 saturated heterocycles. The van der Waals surface area contributed by atoms with Gasteiger partial charge in [-0.15, -0.1) is 0 Å². The van der Waals surface area contributed by atoms with Crippen molar-refractivity contribution in [3.8, 4) is 0 Å². The predicted octanol–water partition coefficient (Wildman–Crippen LogP) is -0.300. The molecular weight excluding hydrogens is 114 g/mol. The van der Waals surface area contributed by atoms with Crippen molar-refractivity contribution < 1.29 is 8.76 Å². The molecule has 44 valence electrons. The molecule has 0 aliphatic rings. The Morgan fingerprint density at radius 3 is 2.29 bits per heavy atom. The third-order valence-electron chi connectivity index (χ3n) is 0.612. The molecule has 2 N–H and O–H groups in total. The fourth-order valence-electron chi connectivity index (χ4n) is 0.118. The van der Waals surface area contributed by atoms with Gasteiger partial charge in [-0.25, -0.2) is 8.93 Å². The Bertz CT molecular complexity index is 145. The van der Waals surface area contributed by atoms with E-state index in [9.17, 15) is 4.21 Å². The zero-order chi connectivity index (χ0) is 5.91. The molecule has 0 heterocycles. The topological polar surface area (TPSA) is 49.3 Å². The first-order valence-corrected chi connectivity index (χ1v) is 3.44. The Balaban J connectivity index is 4.17. The summed E-state index contributed by atoms with van der Waals surface area (Å²) in [5.41, 5.74) is 0. The van der Waals surface area contributed by atoms with Gasteiger partial charge in [-0.1, -0.05) is 0 Å². The van der Waals surface area contributed by atoms with Crippen molar-refractivity contribution in [2.75, 3.05) is 7.05 Å². The van der Waals surface area contributed by atoms with Crippen LogP contribution in [0, 0.1) is 0 Å². The molecule has 7 heavy (non-hydrogen) atoms. The second-order valence-corrected chi connectivity index (χ2v) is 3.03. The minimum atomic E-state index is -2.78. The summed E-state index contributed by atoms with van der Waals surface area (Å²) in [5.74, 6) is 0. The molecule has 4 heteroatoms. The largest absolute Gasteiger partial charge is 0.302 e. The van der Waals surface area contributed by atoms with Gasteiger partial charge in [-0.05, 0) is 14.0 Å². The van der Waals surface area contributed by atoms with Gasteiger partial charge in [0, 0.05) is 5.37 Å². The van der Waals surface area contributed by atoms with E-state index in [1.54, 1.807) is 0 Å². The van der Waals surface area contributed by atoms with Gasteiger partial charge < -0.3 is 4.55 Å². The van der Waals surface area contributed by atoms with Gasteiger partial charge >= 0.3 is 0 Å². The van der Waals surface area contributed by atoms with Crippen LogP contribution >= 0.6 is 0 Å². The minimum Gasteiger partial charge on any atom is -0.302 e. The third kappa shape index (κ3) is 2.61. The smallest absolute Gasteiger partial charge is 0.140 e. The predicted molar refractivity (Wildman–Crippen MR) is 31.6 cm³/mol. The van der Waals surface area contributed by atoms with Crippen molar-refractivity contribution in [3.63, 3.8) is 0 Å². The van der Waals surface area contributed by atoms with Gasteiger partial charge in [0.1, 0.15) is 9.99 Å². The maximum absolute atomic E-state index is 10.3. The fraction of sp³-hybridized carbons (Fsp3) is 0.667. The fourth-order valence-corrected chi connectivity index (χ4v) is 0.354. The quantitative estimate of drug-likeness (QED) is 0.470. The van der Waals surface area contributed by atoms with Crippen molar-refractivity contribution in [3.05, 3.63) is 0 Å². The molecule has 0 aromatic rings. The van der Waals surface area contributed by atoms with Gasteiger partial charge in [0.25, 0.3) is 0 Å². The Labute approximate surface area is 43.7 Å². The molecule has 0 radical (unpaired) electrons. The molecule has 0 bridgehead atoms. The summed E-state index contributed by atoms with van der Waals surface area (Å²) in [6.45, 7) is 1.53. The van der Waals surface area contributed by atoms with Crippen molar-refractivity contribution in [2.24, 2.45) is 0 Å². The summed E-state index contributed by atoms with van der Waals surface area (Å²) in [7, 11) is -1.35. The first kappa shape index (κ1) is 6.94. The highest BCUT2D eigenvalue weighted by Crippen LogP contribution is 1.68. The molecule has 0 aliphatic heterocycles. The zero-order valence-electron chi connectivity index (χ0n) is 4.34. The Morgan fingerprint density at radius 2 is 2.29 bits per heavy atom. The highest BCUT2D eigenvalue weighted by molar-refractivity contribution is 7.94. The van der Waals surface area contributed by atoms with Gasteiger partial charge in [-0.2, -0.15) is 0 Å². The third-order valence-corrected chi connectivity index (χ3v) is 1.84. The number of nitrogens with one attached hydrogen (secondary N) is 1. The molecular formula is C3H9NO2S. The van der Waals surface area contributed by atoms with Gasteiger partial charge in [0.2, 0.25) is 0 Å². The SMILES string of the molecule is CC=S(=O)(O)NC. The van der Waals surface area contributed by atoms with Crippen LogP contribution in [0.15, 0.2) is 0 Å². The molecule has 1 atom stereocenters. The van der Waals surface area contributed by atoms with Crippen molar-refractivity contribution in [1.29, 1.82) is 0 Å². The van der Waals surface area contributed by atoms with E-state index in [-0.39, 0.29) is 0 Å². The minimum absolute atomic E-state index is 1.22. The van der Waals surface area contributed by atoms with E-state index in [4.69, 9.17) is 4.55 Å². The van der Waals surface area contributed by atoms with Crippen LogP contribution in [0.4, 0.5) is 0 Å². The van der Waals surface area contributed by atoms with Gasteiger partial charge in [0.05, 0.1) is 0 Å². The summed E-state index contributed by atoms with van der Waals surface area (Å²) in [5, 5.41) is 1.22. The van der Waals surface area contributed by atoms with Crippen LogP contribution in [-0.2, 0) is 9.99 Å².